The smallest absolute Gasteiger partial charge is 0.251 e. The second-order valence-electron chi connectivity index (χ2n) is 4.70. The third-order valence-electron chi connectivity index (χ3n) is 3.23. The second kappa shape index (κ2) is 7.85. The SMILES string of the molecule is COc1cc(CCNC(=O)[C@H]2COCCO2)cc(OC)c1. The van der Waals surface area contributed by atoms with E-state index in [-0.39, 0.29) is 5.91 Å². The Morgan fingerprint density at radius 3 is 2.52 bits per heavy atom. The number of rotatable bonds is 6. The van der Waals surface area contributed by atoms with Gasteiger partial charge in [-0.05, 0) is 24.1 Å². The Kier molecular flexibility index (Phi) is 5.83. The monoisotopic (exact) mass is 295 g/mol. The van der Waals surface area contributed by atoms with Crippen LogP contribution < -0.4 is 14.8 Å². The molecule has 21 heavy (non-hydrogen) atoms. The lowest BCUT2D eigenvalue weighted by Crippen LogP contribution is -2.43. The Morgan fingerprint density at radius 1 is 1.24 bits per heavy atom. The lowest BCUT2D eigenvalue weighted by Gasteiger charge is -2.22. The molecule has 0 aliphatic carbocycles. The first-order valence-corrected chi connectivity index (χ1v) is 6.92. The van der Waals surface area contributed by atoms with Gasteiger partial charge in [0.15, 0.2) is 6.10 Å². The van der Waals surface area contributed by atoms with E-state index in [0.29, 0.717) is 32.8 Å². The molecule has 1 aliphatic heterocycles. The summed E-state index contributed by atoms with van der Waals surface area (Å²) in [7, 11) is 3.22. The summed E-state index contributed by atoms with van der Waals surface area (Å²) >= 11 is 0. The van der Waals surface area contributed by atoms with Gasteiger partial charge in [0.25, 0.3) is 5.91 Å². The maximum absolute atomic E-state index is 11.9. The zero-order valence-electron chi connectivity index (χ0n) is 12.4. The Hall–Kier alpha value is -1.79. The summed E-state index contributed by atoms with van der Waals surface area (Å²) in [5.74, 6) is 1.34. The quantitative estimate of drug-likeness (QED) is 0.840. The Balaban J connectivity index is 1.83. The number of hydrogen-bond acceptors (Lipinski definition) is 5. The number of methoxy groups -OCH3 is 2. The fourth-order valence-corrected chi connectivity index (χ4v) is 2.09. The molecule has 1 N–H and O–H groups in total. The first kappa shape index (κ1) is 15.6. The summed E-state index contributed by atoms with van der Waals surface area (Å²) in [4.78, 5) is 11.9. The molecular formula is C15H21NO5. The van der Waals surface area contributed by atoms with E-state index in [1.54, 1.807) is 14.2 Å². The molecule has 1 aliphatic rings. The van der Waals surface area contributed by atoms with Gasteiger partial charge in [0.2, 0.25) is 0 Å². The number of hydrogen-bond donors (Lipinski definition) is 1. The molecule has 0 unspecified atom stereocenters. The minimum Gasteiger partial charge on any atom is -0.497 e. The van der Waals surface area contributed by atoms with E-state index < -0.39 is 6.10 Å². The highest BCUT2D eigenvalue weighted by Gasteiger charge is 2.21. The van der Waals surface area contributed by atoms with Crippen LogP contribution in [-0.4, -0.2) is 52.6 Å². The predicted molar refractivity (Wildman–Crippen MR) is 76.8 cm³/mol. The van der Waals surface area contributed by atoms with Crippen LogP contribution in [0.3, 0.4) is 0 Å². The third kappa shape index (κ3) is 4.61. The molecule has 6 heteroatoms. The maximum Gasteiger partial charge on any atom is 0.251 e. The Morgan fingerprint density at radius 2 is 1.95 bits per heavy atom. The average molecular weight is 295 g/mol. The zero-order chi connectivity index (χ0) is 15.1. The number of carbonyl (C=O) groups excluding carboxylic acids is 1. The molecule has 116 valence electrons. The molecule has 1 aromatic rings. The van der Waals surface area contributed by atoms with Crippen molar-refractivity contribution in [2.24, 2.45) is 0 Å². The maximum atomic E-state index is 11.9. The van der Waals surface area contributed by atoms with Crippen molar-refractivity contribution in [3.8, 4) is 11.5 Å². The van der Waals surface area contributed by atoms with Crippen LogP contribution in [0.5, 0.6) is 11.5 Å². The number of benzene rings is 1. The molecule has 1 saturated heterocycles. The molecule has 2 rings (SSSR count). The summed E-state index contributed by atoms with van der Waals surface area (Å²) in [5.41, 5.74) is 1.03. The molecule has 1 fully saturated rings. The lowest BCUT2D eigenvalue weighted by molar-refractivity contribution is -0.147. The van der Waals surface area contributed by atoms with Gasteiger partial charge in [-0.15, -0.1) is 0 Å². The second-order valence-corrected chi connectivity index (χ2v) is 4.70. The van der Waals surface area contributed by atoms with Gasteiger partial charge in [-0.1, -0.05) is 0 Å². The third-order valence-corrected chi connectivity index (χ3v) is 3.23. The van der Waals surface area contributed by atoms with Crippen LogP contribution in [0.4, 0.5) is 0 Å². The van der Waals surface area contributed by atoms with E-state index in [2.05, 4.69) is 5.32 Å². The first-order valence-electron chi connectivity index (χ1n) is 6.92. The van der Waals surface area contributed by atoms with Gasteiger partial charge < -0.3 is 24.3 Å². The molecule has 0 saturated carbocycles. The largest absolute Gasteiger partial charge is 0.497 e. The highest BCUT2D eigenvalue weighted by Crippen LogP contribution is 2.22. The average Bonchev–Trinajstić information content (AvgIpc) is 2.55. The van der Waals surface area contributed by atoms with E-state index in [1.165, 1.54) is 0 Å². The van der Waals surface area contributed by atoms with Crippen LogP contribution in [0.15, 0.2) is 18.2 Å². The van der Waals surface area contributed by atoms with Crippen molar-refractivity contribution in [1.82, 2.24) is 5.32 Å². The molecule has 0 aromatic heterocycles. The van der Waals surface area contributed by atoms with Gasteiger partial charge in [0.1, 0.15) is 11.5 Å². The van der Waals surface area contributed by atoms with Gasteiger partial charge in [-0.25, -0.2) is 0 Å². The molecular weight excluding hydrogens is 274 g/mol. The standard InChI is InChI=1S/C15H21NO5/c1-18-12-7-11(8-13(9-12)19-2)3-4-16-15(17)14-10-20-5-6-21-14/h7-9,14H,3-6,10H2,1-2H3,(H,16,17)/t14-/m1/s1. The summed E-state index contributed by atoms with van der Waals surface area (Å²) in [6.07, 6.45) is 0.186. The summed E-state index contributed by atoms with van der Waals surface area (Å²) in [5, 5.41) is 2.85. The van der Waals surface area contributed by atoms with Crippen LogP contribution in [0, 0.1) is 0 Å². The fourth-order valence-electron chi connectivity index (χ4n) is 2.09. The minimum absolute atomic E-state index is 0.135. The van der Waals surface area contributed by atoms with E-state index in [9.17, 15) is 4.79 Å². The molecule has 0 radical (unpaired) electrons. The predicted octanol–water partition coefficient (Wildman–Crippen LogP) is 0.778. The Labute approximate surface area is 124 Å². The number of nitrogens with one attached hydrogen (secondary N) is 1. The van der Waals surface area contributed by atoms with Crippen LogP contribution in [0.25, 0.3) is 0 Å². The van der Waals surface area contributed by atoms with Crippen LogP contribution in [0.2, 0.25) is 0 Å². The van der Waals surface area contributed by atoms with Crippen LogP contribution >= 0.6 is 0 Å². The highest BCUT2D eigenvalue weighted by atomic mass is 16.6. The lowest BCUT2D eigenvalue weighted by atomic mass is 10.1. The van der Waals surface area contributed by atoms with Crippen molar-refractivity contribution in [2.75, 3.05) is 40.6 Å². The van der Waals surface area contributed by atoms with Crippen LogP contribution in [0.1, 0.15) is 5.56 Å². The summed E-state index contributed by atoms with van der Waals surface area (Å²) in [6, 6.07) is 5.67. The zero-order valence-corrected chi connectivity index (χ0v) is 12.4. The molecule has 1 amide bonds. The van der Waals surface area contributed by atoms with Crippen molar-refractivity contribution in [2.45, 2.75) is 12.5 Å². The molecule has 1 aromatic carbocycles. The molecule has 0 spiro atoms. The van der Waals surface area contributed by atoms with Gasteiger partial charge in [0, 0.05) is 12.6 Å². The van der Waals surface area contributed by atoms with E-state index in [4.69, 9.17) is 18.9 Å². The number of amides is 1. The summed E-state index contributed by atoms with van der Waals surface area (Å²) < 4.78 is 21.0. The molecule has 6 nitrogen and oxygen atoms in total. The highest BCUT2D eigenvalue weighted by molar-refractivity contribution is 5.80. The molecule has 0 bridgehead atoms. The van der Waals surface area contributed by atoms with Crippen molar-refractivity contribution >= 4 is 5.91 Å². The van der Waals surface area contributed by atoms with Gasteiger partial charge in [0.05, 0.1) is 34.0 Å². The molecule has 1 atom stereocenters. The van der Waals surface area contributed by atoms with Crippen molar-refractivity contribution in [1.29, 1.82) is 0 Å². The normalized spacial score (nSPS) is 18.1. The minimum atomic E-state index is -0.501. The number of ether oxygens (including phenoxy) is 4. The molecule has 1 heterocycles. The fraction of sp³-hybridized carbons (Fsp3) is 0.533. The van der Waals surface area contributed by atoms with Gasteiger partial charge in [-0.3, -0.25) is 4.79 Å². The van der Waals surface area contributed by atoms with E-state index in [1.807, 2.05) is 18.2 Å². The van der Waals surface area contributed by atoms with E-state index >= 15 is 0 Å². The first-order chi connectivity index (χ1) is 10.2. The van der Waals surface area contributed by atoms with Crippen molar-refractivity contribution in [3.05, 3.63) is 23.8 Å². The van der Waals surface area contributed by atoms with Gasteiger partial charge >= 0.3 is 0 Å². The van der Waals surface area contributed by atoms with E-state index in [0.717, 1.165) is 17.1 Å². The van der Waals surface area contributed by atoms with Crippen molar-refractivity contribution in [3.63, 3.8) is 0 Å². The summed E-state index contributed by atoms with van der Waals surface area (Å²) in [6.45, 7) is 1.85. The topological polar surface area (TPSA) is 66.0 Å². The van der Waals surface area contributed by atoms with Crippen molar-refractivity contribution < 1.29 is 23.7 Å². The number of carbonyl (C=O) groups is 1. The Bertz CT molecular complexity index is 449. The van der Waals surface area contributed by atoms with Gasteiger partial charge in [-0.2, -0.15) is 0 Å². The van der Waals surface area contributed by atoms with Crippen LogP contribution in [-0.2, 0) is 20.7 Å².